The lowest BCUT2D eigenvalue weighted by Crippen LogP contribution is -2.37. The smallest absolute Gasteiger partial charge is 0.0386 e. The van der Waals surface area contributed by atoms with Crippen LogP contribution in [0.2, 0.25) is 0 Å². The van der Waals surface area contributed by atoms with Crippen LogP contribution < -0.4 is 0 Å². The van der Waals surface area contributed by atoms with Crippen molar-refractivity contribution in [3.8, 4) is 0 Å². The van der Waals surface area contributed by atoms with Crippen LogP contribution >= 0.6 is 0 Å². The normalized spacial score (nSPS) is 25.4. The van der Waals surface area contributed by atoms with Crippen LogP contribution in [0.25, 0.3) is 0 Å². The highest BCUT2D eigenvalue weighted by Crippen LogP contribution is 2.44. The first-order chi connectivity index (χ1) is 16.4. The van der Waals surface area contributed by atoms with Gasteiger partial charge in [0.25, 0.3) is 0 Å². The van der Waals surface area contributed by atoms with E-state index in [0.717, 1.165) is 94.7 Å². The Hall–Kier alpha value is 0. The lowest BCUT2D eigenvalue weighted by Gasteiger charge is -2.43. The van der Waals surface area contributed by atoms with E-state index >= 15 is 0 Å². The van der Waals surface area contributed by atoms with Crippen LogP contribution in [0.15, 0.2) is 0 Å². The van der Waals surface area contributed by atoms with E-state index in [1.165, 1.54) is 12.8 Å². The third-order valence-electron chi connectivity index (χ3n) is 13.5. The lowest BCUT2D eigenvalue weighted by atomic mass is 9.62. The molecule has 0 spiro atoms. The molecule has 0 fully saturated rings. The van der Waals surface area contributed by atoms with E-state index < -0.39 is 0 Å². The summed E-state index contributed by atoms with van der Waals surface area (Å²) in [6, 6.07) is 0. The Kier molecular flexibility index (Phi) is 16.2. The van der Waals surface area contributed by atoms with E-state index in [-0.39, 0.29) is 0 Å². The molecule has 0 saturated carbocycles. The minimum absolute atomic E-state index is 0.758. The minimum Gasteiger partial charge on any atom is -0.0654 e. The first kappa shape index (κ1) is 36.0. The number of rotatable bonds is 17. The second kappa shape index (κ2) is 16.2. The zero-order chi connectivity index (χ0) is 28.7. The summed E-state index contributed by atoms with van der Waals surface area (Å²) in [5.41, 5.74) is 0. The summed E-state index contributed by atoms with van der Waals surface area (Å²) >= 11 is 0. The third kappa shape index (κ3) is 9.33. The van der Waals surface area contributed by atoms with Gasteiger partial charge < -0.3 is 0 Å². The van der Waals surface area contributed by atoms with Gasteiger partial charge in [0, 0.05) is 0 Å². The zero-order valence-electron chi connectivity index (χ0n) is 28.7. The van der Waals surface area contributed by atoms with Crippen molar-refractivity contribution >= 4 is 0 Å². The fourth-order valence-electron chi connectivity index (χ4n) is 7.59. The average molecular weight is 507 g/mol. The summed E-state index contributed by atoms with van der Waals surface area (Å²) in [5.74, 6) is 12.4. The fourth-order valence-corrected chi connectivity index (χ4v) is 7.59. The topological polar surface area (TPSA) is 0 Å². The Morgan fingerprint density at radius 3 is 0.667 bits per heavy atom. The molecule has 218 valence electrons. The summed E-state index contributed by atoms with van der Waals surface area (Å²) < 4.78 is 0. The largest absolute Gasteiger partial charge is 0.0654 e. The monoisotopic (exact) mass is 507 g/mol. The predicted octanol–water partition coefficient (Wildman–Crippen LogP) is 12.0. The van der Waals surface area contributed by atoms with E-state index in [2.05, 4.69) is 125 Å². The van der Waals surface area contributed by atoms with Gasteiger partial charge in [-0.25, -0.2) is 0 Å². The molecule has 0 N–H and O–H groups in total. The van der Waals surface area contributed by atoms with Gasteiger partial charge in [0.1, 0.15) is 0 Å². The molecular weight excluding hydrogens is 432 g/mol. The first-order valence-corrected chi connectivity index (χ1v) is 16.4. The maximum absolute atomic E-state index is 2.57. The predicted molar refractivity (Wildman–Crippen MR) is 167 cm³/mol. The molecule has 0 radical (unpaired) electrons. The number of hydrogen-bond donors (Lipinski definition) is 0. The maximum atomic E-state index is 2.57. The van der Waals surface area contributed by atoms with Crippen LogP contribution in [0.3, 0.4) is 0 Å². The second-order valence-electron chi connectivity index (χ2n) is 15.0. The fraction of sp³-hybridized carbons (Fsp3) is 1.00. The molecule has 0 nitrogen and oxygen atoms in total. The van der Waals surface area contributed by atoms with Gasteiger partial charge in [-0.2, -0.15) is 0 Å². The lowest BCUT2D eigenvalue weighted by molar-refractivity contribution is 0.0544. The molecule has 0 aliphatic heterocycles. The Bertz CT molecular complexity index is 562. The quantitative estimate of drug-likeness (QED) is 0.184. The van der Waals surface area contributed by atoms with Crippen molar-refractivity contribution in [1.29, 1.82) is 0 Å². The molecule has 0 aliphatic carbocycles. The van der Waals surface area contributed by atoms with Crippen LogP contribution in [-0.2, 0) is 0 Å². The number of hydrogen-bond acceptors (Lipinski definition) is 0. The molecule has 0 heteroatoms. The minimum atomic E-state index is 0.758. The van der Waals surface area contributed by atoms with Gasteiger partial charge in [-0.05, 0) is 94.7 Å². The molecule has 0 aromatic heterocycles. The summed E-state index contributed by atoms with van der Waals surface area (Å²) in [4.78, 5) is 0. The third-order valence-corrected chi connectivity index (χ3v) is 13.5. The van der Waals surface area contributed by atoms with Crippen LogP contribution in [0, 0.1) is 94.7 Å². The Balaban J connectivity index is 5.29. The first-order valence-electron chi connectivity index (χ1n) is 16.4. The summed E-state index contributed by atoms with van der Waals surface area (Å²) in [5, 5.41) is 0. The summed E-state index contributed by atoms with van der Waals surface area (Å²) in [7, 11) is 0. The van der Waals surface area contributed by atoms with Crippen molar-refractivity contribution in [3.05, 3.63) is 0 Å². The van der Waals surface area contributed by atoms with Crippen molar-refractivity contribution in [1.82, 2.24) is 0 Å². The van der Waals surface area contributed by atoms with Crippen molar-refractivity contribution in [2.24, 2.45) is 94.7 Å². The van der Waals surface area contributed by atoms with Crippen LogP contribution in [0.1, 0.15) is 137 Å². The molecule has 0 aromatic rings. The van der Waals surface area contributed by atoms with Gasteiger partial charge >= 0.3 is 0 Å². The van der Waals surface area contributed by atoms with Crippen molar-refractivity contribution in [2.45, 2.75) is 137 Å². The van der Waals surface area contributed by atoms with E-state index in [4.69, 9.17) is 0 Å². The Morgan fingerprint density at radius 1 is 0.278 bits per heavy atom. The molecule has 0 heterocycles. The molecule has 36 heavy (non-hydrogen) atoms. The molecule has 0 amide bonds. The van der Waals surface area contributed by atoms with Crippen LogP contribution in [0.5, 0.6) is 0 Å². The SMILES string of the molecule is CCCC(C)C(C)C(C)C(C)C(C)C(C)C(C)C(C)C(C)C(C)C(C)C(C)C(C)C(C)C(C)C(C)C. The van der Waals surface area contributed by atoms with Crippen LogP contribution in [0.4, 0.5) is 0 Å². The molecule has 0 rings (SSSR count). The average Bonchev–Trinajstić information content (AvgIpc) is 2.86. The molecule has 0 saturated heterocycles. The summed E-state index contributed by atoms with van der Waals surface area (Å²) in [6.07, 6.45) is 2.68. The molecule has 15 unspecified atom stereocenters. The van der Waals surface area contributed by atoms with Gasteiger partial charge in [-0.1, -0.05) is 137 Å². The molecule has 0 aliphatic rings. The molecular formula is C36H74. The van der Waals surface area contributed by atoms with Gasteiger partial charge in [-0.3, -0.25) is 0 Å². The highest BCUT2D eigenvalue weighted by molar-refractivity contribution is 4.86. The highest BCUT2D eigenvalue weighted by atomic mass is 14.4. The molecule has 15 atom stereocenters. The van der Waals surface area contributed by atoms with Crippen molar-refractivity contribution in [2.75, 3.05) is 0 Å². The van der Waals surface area contributed by atoms with Crippen molar-refractivity contribution in [3.63, 3.8) is 0 Å². The summed E-state index contributed by atoms with van der Waals surface area (Å²) in [6.45, 7) is 45.2. The van der Waals surface area contributed by atoms with Gasteiger partial charge in [0.05, 0.1) is 0 Å². The van der Waals surface area contributed by atoms with E-state index in [0.29, 0.717) is 0 Å². The van der Waals surface area contributed by atoms with Gasteiger partial charge in [0.2, 0.25) is 0 Å². The van der Waals surface area contributed by atoms with E-state index in [9.17, 15) is 0 Å². The Morgan fingerprint density at radius 2 is 0.472 bits per heavy atom. The standard InChI is InChI=1S/C36H74/c1-19-20-22(4)24(6)26(8)28(10)30(12)32(14)34(16)36(18)35(17)33(15)31(13)29(11)27(9)25(7)23(5)21(2)3/h21-36H,19-20H2,1-18H3. The Labute approximate surface area is 232 Å². The second-order valence-corrected chi connectivity index (χ2v) is 15.0. The van der Waals surface area contributed by atoms with Crippen LogP contribution in [-0.4, -0.2) is 0 Å². The van der Waals surface area contributed by atoms with Gasteiger partial charge in [-0.15, -0.1) is 0 Å². The highest BCUT2D eigenvalue weighted by Gasteiger charge is 2.37. The maximum Gasteiger partial charge on any atom is -0.0386 e. The van der Waals surface area contributed by atoms with E-state index in [1.54, 1.807) is 0 Å². The van der Waals surface area contributed by atoms with Gasteiger partial charge in [0.15, 0.2) is 0 Å². The molecule has 0 bridgehead atoms. The molecule has 0 aromatic carbocycles. The van der Waals surface area contributed by atoms with Crippen molar-refractivity contribution < 1.29 is 0 Å². The van der Waals surface area contributed by atoms with E-state index in [1.807, 2.05) is 0 Å². The zero-order valence-corrected chi connectivity index (χ0v) is 28.7.